The van der Waals surface area contributed by atoms with Crippen LogP contribution in [0.3, 0.4) is 0 Å². The lowest BCUT2D eigenvalue weighted by atomic mass is 10.1. The molecule has 0 spiro atoms. The SMILES string of the molecule is O=C(c1ccnc(-n2cncn2)c1)N1CCC[C@H]1c1ccncc1. The van der Waals surface area contributed by atoms with E-state index < -0.39 is 0 Å². The molecular formula is C17H16N6O. The maximum atomic E-state index is 13.0. The predicted octanol–water partition coefficient (Wildman–Crippen LogP) is 2.03. The fourth-order valence-electron chi connectivity index (χ4n) is 3.11. The van der Waals surface area contributed by atoms with Crippen LogP contribution < -0.4 is 0 Å². The van der Waals surface area contributed by atoms with Crippen LogP contribution in [0.1, 0.15) is 34.8 Å². The average Bonchev–Trinajstić information content (AvgIpc) is 3.34. The van der Waals surface area contributed by atoms with Gasteiger partial charge in [0.2, 0.25) is 0 Å². The summed E-state index contributed by atoms with van der Waals surface area (Å²) in [5, 5.41) is 4.06. The maximum absolute atomic E-state index is 13.0. The number of hydrogen-bond donors (Lipinski definition) is 0. The Balaban J connectivity index is 1.62. The lowest BCUT2D eigenvalue weighted by Crippen LogP contribution is -2.30. The third-order valence-electron chi connectivity index (χ3n) is 4.25. The summed E-state index contributed by atoms with van der Waals surface area (Å²) in [5.41, 5.74) is 1.73. The van der Waals surface area contributed by atoms with Crippen LogP contribution in [-0.2, 0) is 0 Å². The largest absolute Gasteiger partial charge is 0.332 e. The first-order chi connectivity index (χ1) is 11.8. The van der Waals surface area contributed by atoms with Crippen molar-refractivity contribution in [3.05, 3.63) is 66.6 Å². The van der Waals surface area contributed by atoms with Gasteiger partial charge in [-0.2, -0.15) is 5.10 Å². The molecule has 1 amide bonds. The second-order valence-corrected chi connectivity index (χ2v) is 5.68. The molecule has 4 heterocycles. The summed E-state index contributed by atoms with van der Waals surface area (Å²) in [4.78, 5) is 27.1. The van der Waals surface area contributed by atoms with Crippen molar-refractivity contribution >= 4 is 5.91 Å². The minimum absolute atomic E-state index is 0.0121. The van der Waals surface area contributed by atoms with Crippen molar-refractivity contribution in [2.24, 2.45) is 0 Å². The molecular weight excluding hydrogens is 304 g/mol. The molecule has 3 aromatic heterocycles. The monoisotopic (exact) mass is 320 g/mol. The molecule has 1 saturated heterocycles. The quantitative estimate of drug-likeness (QED) is 0.738. The summed E-state index contributed by atoms with van der Waals surface area (Å²) >= 11 is 0. The van der Waals surface area contributed by atoms with Crippen LogP contribution >= 0.6 is 0 Å². The number of likely N-dealkylation sites (tertiary alicyclic amines) is 1. The topological polar surface area (TPSA) is 76.8 Å². The normalized spacial score (nSPS) is 17.2. The highest BCUT2D eigenvalue weighted by Crippen LogP contribution is 2.32. The highest BCUT2D eigenvalue weighted by molar-refractivity contribution is 5.95. The molecule has 0 N–H and O–H groups in total. The molecule has 1 atom stereocenters. The second-order valence-electron chi connectivity index (χ2n) is 5.68. The van der Waals surface area contributed by atoms with Gasteiger partial charge in [0.25, 0.3) is 5.91 Å². The zero-order chi connectivity index (χ0) is 16.4. The second kappa shape index (κ2) is 6.19. The summed E-state index contributed by atoms with van der Waals surface area (Å²) in [5.74, 6) is 0.594. The highest BCUT2D eigenvalue weighted by atomic mass is 16.2. The first-order valence-electron chi connectivity index (χ1n) is 7.85. The van der Waals surface area contributed by atoms with Crippen LogP contribution in [0.15, 0.2) is 55.5 Å². The molecule has 3 aromatic rings. The molecule has 0 aromatic carbocycles. The fourth-order valence-corrected chi connectivity index (χ4v) is 3.11. The number of amides is 1. The molecule has 0 unspecified atom stereocenters. The number of rotatable bonds is 3. The molecule has 0 aliphatic carbocycles. The lowest BCUT2D eigenvalue weighted by Gasteiger charge is -2.25. The number of nitrogens with zero attached hydrogens (tertiary/aromatic N) is 6. The van der Waals surface area contributed by atoms with Crippen LogP contribution in [-0.4, -0.2) is 42.1 Å². The van der Waals surface area contributed by atoms with Crippen molar-refractivity contribution in [1.82, 2.24) is 29.6 Å². The van der Waals surface area contributed by atoms with E-state index in [4.69, 9.17) is 0 Å². The van der Waals surface area contributed by atoms with Crippen molar-refractivity contribution in [2.45, 2.75) is 18.9 Å². The molecule has 7 nitrogen and oxygen atoms in total. The Labute approximate surface area is 139 Å². The van der Waals surface area contributed by atoms with E-state index in [1.165, 1.54) is 6.33 Å². The van der Waals surface area contributed by atoms with Gasteiger partial charge in [0, 0.05) is 30.7 Å². The Hall–Kier alpha value is -3.09. The van der Waals surface area contributed by atoms with Crippen molar-refractivity contribution < 1.29 is 4.79 Å². The van der Waals surface area contributed by atoms with E-state index >= 15 is 0 Å². The van der Waals surface area contributed by atoms with Gasteiger partial charge in [0.15, 0.2) is 5.82 Å². The van der Waals surface area contributed by atoms with E-state index in [1.54, 1.807) is 41.7 Å². The Bertz CT molecular complexity index is 833. The molecule has 0 saturated carbocycles. The minimum Gasteiger partial charge on any atom is -0.332 e. The Kier molecular flexibility index (Phi) is 3.74. The molecule has 120 valence electrons. The number of hydrogen-bond acceptors (Lipinski definition) is 5. The summed E-state index contributed by atoms with van der Waals surface area (Å²) in [6, 6.07) is 7.54. The van der Waals surface area contributed by atoms with Gasteiger partial charge in [0.1, 0.15) is 12.7 Å². The van der Waals surface area contributed by atoms with Gasteiger partial charge < -0.3 is 4.90 Å². The highest BCUT2D eigenvalue weighted by Gasteiger charge is 2.30. The predicted molar refractivity (Wildman–Crippen MR) is 86.4 cm³/mol. The van der Waals surface area contributed by atoms with Gasteiger partial charge in [-0.1, -0.05) is 0 Å². The Morgan fingerprint density at radius 1 is 1.12 bits per heavy atom. The molecule has 0 radical (unpaired) electrons. The lowest BCUT2D eigenvalue weighted by molar-refractivity contribution is 0.0735. The van der Waals surface area contributed by atoms with Crippen LogP contribution in [0.2, 0.25) is 0 Å². The van der Waals surface area contributed by atoms with Crippen molar-refractivity contribution in [2.75, 3.05) is 6.54 Å². The molecule has 24 heavy (non-hydrogen) atoms. The Morgan fingerprint density at radius 2 is 2.00 bits per heavy atom. The van der Waals surface area contributed by atoms with Gasteiger partial charge >= 0.3 is 0 Å². The van der Waals surface area contributed by atoms with Crippen LogP contribution in [0.4, 0.5) is 0 Å². The summed E-state index contributed by atoms with van der Waals surface area (Å²) in [7, 11) is 0. The molecule has 1 fully saturated rings. The van der Waals surface area contributed by atoms with Gasteiger partial charge in [-0.05, 0) is 42.7 Å². The summed E-state index contributed by atoms with van der Waals surface area (Å²) in [6.45, 7) is 0.757. The van der Waals surface area contributed by atoms with E-state index in [0.717, 1.165) is 24.9 Å². The number of carbonyl (C=O) groups is 1. The van der Waals surface area contributed by atoms with E-state index in [0.29, 0.717) is 11.4 Å². The first kappa shape index (κ1) is 14.5. The molecule has 1 aliphatic heterocycles. The number of carbonyl (C=O) groups excluding carboxylic acids is 1. The molecule has 0 bridgehead atoms. The van der Waals surface area contributed by atoms with Crippen LogP contribution in [0, 0.1) is 0 Å². The zero-order valence-electron chi connectivity index (χ0n) is 13.0. The smallest absolute Gasteiger partial charge is 0.254 e. The molecule has 7 heteroatoms. The molecule has 1 aliphatic rings. The third kappa shape index (κ3) is 2.64. The first-order valence-corrected chi connectivity index (χ1v) is 7.85. The van der Waals surface area contributed by atoms with Gasteiger partial charge in [-0.3, -0.25) is 9.78 Å². The van der Waals surface area contributed by atoms with Crippen LogP contribution in [0.25, 0.3) is 5.82 Å². The van der Waals surface area contributed by atoms with Gasteiger partial charge in [-0.15, -0.1) is 0 Å². The van der Waals surface area contributed by atoms with E-state index in [2.05, 4.69) is 20.1 Å². The van der Waals surface area contributed by atoms with Crippen molar-refractivity contribution in [3.63, 3.8) is 0 Å². The minimum atomic E-state index is 0.0121. The average molecular weight is 320 g/mol. The van der Waals surface area contributed by atoms with E-state index in [9.17, 15) is 4.79 Å². The maximum Gasteiger partial charge on any atom is 0.254 e. The van der Waals surface area contributed by atoms with Gasteiger partial charge in [-0.25, -0.2) is 14.6 Å². The number of aromatic nitrogens is 5. The van der Waals surface area contributed by atoms with Crippen LogP contribution in [0.5, 0.6) is 0 Å². The number of pyridine rings is 2. The van der Waals surface area contributed by atoms with E-state index in [-0.39, 0.29) is 11.9 Å². The van der Waals surface area contributed by atoms with Crippen molar-refractivity contribution in [3.8, 4) is 5.82 Å². The zero-order valence-corrected chi connectivity index (χ0v) is 13.0. The summed E-state index contributed by atoms with van der Waals surface area (Å²) < 4.78 is 1.54. The van der Waals surface area contributed by atoms with E-state index in [1.807, 2.05) is 17.0 Å². The van der Waals surface area contributed by atoms with Crippen molar-refractivity contribution in [1.29, 1.82) is 0 Å². The Morgan fingerprint density at radius 3 is 2.79 bits per heavy atom. The summed E-state index contributed by atoms with van der Waals surface area (Å²) in [6.07, 6.45) is 10.1. The third-order valence-corrected chi connectivity index (χ3v) is 4.25. The fraction of sp³-hybridized carbons (Fsp3) is 0.235. The molecule has 4 rings (SSSR count). The van der Waals surface area contributed by atoms with Gasteiger partial charge in [0.05, 0.1) is 6.04 Å². The standard InChI is InChI=1S/C17H16N6O/c24-17(14-5-8-20-16(10-14)23-12-19-11-21-23)22-9-1-2-15(22)13-3-6-18-7-4-13/h3-8,10-12,15H,1-2,9H2/t15-/m0/s1.